The molecule has 0 spiro atoms. The van der Waals surface area contributed by atoms with Crippen molar-refractivity contribution >= 4 is 45.8 Å². The second-order valence-corrected chi connectivity index (χ2v) is 6.12. The summed E-state index contributed by atoms with van der Waals surface area (Å²) >= 11 is 12.9. The van der Waals surface area contributed by atoms with Crippen molar-refractivity contribution < 1.29 is 0 Å². The molecule has 1 aromatic carbocycles. The van der Waals surface area contributed by atoms with Gasteiger partial charge in [-0.3, -0.25) is 0 Å². The zero-order valence-corrected chi connectivity index (χ0v) is 13.1. The Kier molecular flexibility index (Phi) is 4.39. The highest BCUT2D eigenvalue weighted by Crippen LogP contribution is 2.27. The molecule has 1 aromatic heterocycles. The number of aromatic nitrogens is 1. The molecule has 0 fully saturated rings. The first-order chi connectivity index (χ1) is 8.99. The van der Waals surface area contributed by atoms with Crippen LogP contribution in [0.15, 0.2) is 23.6 Å². The highest BCUT2D eigenvalue weighted by molar-refractivity contribution is 7.80. The molecule has 0 saturated heterocycles. The number of halogens is 1. The summed E-state index contributed by atoms with van der Waals surface area (Å²) in [5, 5.41) is 3.69. The van der Waals surface area contributed by atoms with Crippen molar-refractivity contribution in [3.05, 3.63) is 44.9 Å². The van der Waals surface area contributed by atoms with Gasteiger partial charge in [-0.1, -0.05) is 29.9 Å². The Morgan fingerprint density at radius 2 is 2.26 bits per heavy atom. The van der Waals surface area contributed by atoms with Crippen LogP contribution < -0.4 is 10.6 Å². The Labute approximate surface area is 127 Å². The second kappa shape index (κ2) is 5.86. The molecule has 0 amide bonds. The SMILES string of the molecule is Cc1nc(CN(C)c2cccc(Cl)c2C(N)=S)cs1. The van der Waals surface area contributed by atoms with E-state index in [-0.39, 0.29) is 0 Å². The average Bonchev–Trinajstić information content (AvgIpc) is 2.73. The van der Waals surface area contributed by atoms with Gasteiger partial charge < -0.3 is 10.6 Å². The van der Waals surface area contributed by atoms with Gasteiger partial charge in [0.15, 0.2) is 0 Å². The maximum absolute atomic E-state index is 6.17. The fraction of sp³-hybridized carbons (Fsp3) is 0.231. The molecule has 2 N–H and O–H groups in total. The summed E-state index contributed by atoms with van der Waals surface area (Å²) in [5.41, 5.74) is 8.42. The van der Waals surface area contributed by atoms with Crippen LogP contribution in [0, 0.1) is 6.92 Å². The van der Waals surface area contributed by atoms with Gasteiger partial charge in [0.1, 0.15) is 4.99 Å². The molecule has 2 rings (SSSR count). The van der Waals surface area contributed by atoms with Crippen molar-refractivity contribution in [2.24, 2.45) is 5.73 Å². The van der Waals surface area contributed by atoms with Gasteiger partial charge >= 0.3 is 0 Å². The first-order valence-electron chi connectivity index (χ1n) is 5.69. The van der Waals surface area contributed by atoms with E-state index in [0.717, 1.165) is 16.4 Å². The molecule has 2 aromatic rings. The summed E-state index contributed by atoms with van der Waals surface area (Å²) in [6, 6.07) is 5.64. The van der Waals surface area contributed by atoms with Gasteiger partial charge in [-0.25, -0.2) is 4.98 Å². The van der Waals surface area contributed by atoms with Crippen LogP contribution in [-0.2, 0) is 6.54 Å². The molecule has 3 nitrogen and oxygen atoms in total. The first-order valence-corrected chi connectivity index (χ1v) is 7.36. The van der Waals surface area contributed by atoms with Crippen LogP contribution in [0.5, 0.6) is 0 Å². The largest absolute Gasteiger partial charge is 0.389 e. The van der Waals surface area contributed by atoms with Crippen molar-refractivity contribution in [2.45, 2.75) is 13.5 Å². The van der Waals surface area contributed by atoms with E-state index in [4.69, 9.17) is 29.6 Å². The third-order valence-electron chi connectivity index (χ3n) is 2.72. The summed E-state index contributed by atoms with van der Waals surface area (Å²) in [6.45, 7) is 2.69. The third kappa shape index (κ3) is 3.23. The van der Waals surface area contributed by atoms with E-state index in [2.05, 4.69) is 15.3 Å². The van der Waals surface area contributed by atoms with E-state index in [0.29, 0.717) is 22.1 Å². The molecule has 6 heteroatoms. The number of hydrogen-bond donors (Lipinski definition) is 1. The Hall–Kier alpha value is -1.17. The van der Waals surface area contributed by atoms with E-state index < -0.39 is 0 Å². The molecule has 0 aliphatic rings. The lowest BCUT2D eigenvalue weighted by Crippen LogP contribution is -2.22. The van der Waals surface area contributed by atoms with E-state index in [1.54, 1.807) is 17.4 Å². The van der Waals surface area contributed by atoms with Gasteiger partial charge in [-0.05, 0) is 19.1 Å². The standard InChI is InChI=1S/C13H14ClN3S2/c1-8-16-9(7-19-8)6-17(2)11-5-3-4-10(14)12(11)13(15)18/h3-5,7H,6H2,1-2H3,(H2,15,18). The molecule has 0 aliphatic carbocycles. The second-order valence-electron chi connectivity index (χ2n) is 4.21. The monoisotopic (exact) mass is 311 g/mol. The number of anilines is 1. The molecule has 19 heavy (non-hydrogen) atoms. The predicted molar refractivity (Wildman–Crippen MR) is 86.3 cm³/mol. The number of benzene rings is 1. The van der Waals surface area contributed by atoms with Crippen molar-refractivity contribution in [1.29, 1.82) is 0 Å². The van der Waals surface area contributed by atoms with Crippen molar-refractivity contribution in [1.82, 2.24) is 4.98 Å². The Morgan fingerprint density at radius 3 is 2.84 bits per heavy atom. The molecule has 0 saturated carbocycles. The fourth-order valence-corrected chi connectivity index (χ4v) is 3.03. The summed E-state index contributed by atoms with van der Waals surface area (Å²) in [4.78, 5) is 6.81. The Morgan fingerprint density at radius 1 is 1.53 bits per heavy atom. The van der Waals surface area contributed by atoms with Crippen molar-refractivity contribution in [3.8, 4) is 0 Å². The number of rotatable bonds is 4. The zero-order valence-electron chi connectivity index (χ0n) is 10.7. The topological polar surface area (TPSA) is 42.2 Å². The maximum atomic E-state index is 6.17. The van der Waals surface area contributed by atoms with Gasteiger partial charge in [-0.15, -0.1) is 11.3 Å². The van der Waals surface area contributed by atoms with Gasteiger partial charge in [0, 0.05) is 18.1 Å². The summed E-state index contributed by atoms with van der Waals surface area (Å²) in [5.74, 6) is 0. The minimum Gasteiger partial charge on any atom is -0.389 e. The number of nitrogens with zero attached hydrogens (tertiary/aromatic N) is 2. The number of thiocarbonyl (C=S) groups is 1. The zero-order chi connectivity index (χ0) is 14.0. The minimum absolute atomic E-state index is 0.307. The normalized spacial score (nSPS) is 10.5. The van der Waals surface area contributed by atoms with Crippen LogP contribution >= 0.6 is 35.2 Å². The molecule has 0 radical (unpaired) electrons. The lowest BCUT2D eigenvalue weighted by molar-refractivity contribution is 0.889. The highest BCUT2D eigenvalue weighted by Gasteiger charge is 2.14. The molecule has 0 bridgehead atoms. The summed E-state index contributed by atoms with van der Waals surface area (Å²) in [7, 11) is 1.97. The maximum Gasteiger partial charge on any atom is 0.107 e. The van der Waals surface area contributed by atoms with Gasteiger partial charge in [0.25, 0.3) is 0 Å². The lowest BCUT2D eigenvalue weighted by Gasteiger charge is -2.22. The van der Waals surface area contributed by atoms with Gasteiger partial charge in [0.2, 0.25) is 0 Å². The number of hydrogen-bond acceptors (Lipinski definition) is 4. The molecule has 0 atom stereocenters. The Bertz CT molecular complexity index is 610. The number of aryl methyl sites for hydroxylation is 1. The minimum atomic E-state index is 0.307. The quantitative estimate of drug-likeness (QED) is 0.879. The van der Waals surface area contributed by atoms with Crippen LogP contribution in [-0.4, -0.2) is 17.0 Å². The van der Waals surface area contributed by atoms with Gasteiger partial charge in [0.05, 0.1) is 27.8 Å². The fourth-order valence-electron chi connectivity index (χ4n) is 1.88. The van der Waals surface area contributed by atoms with Crippen LogP contribution in [0.25, 0.3) is 0 Å². The molecular formula is C13H14ClN3S2. The molecule has 1 heterocycles. The predicted octanol–water partition coefficient (Wildman–Crippen LogP) is 3.38. The van der Waals surface area contributed by atoms with Crippen LogP contribution in [0.2, 0.25) is 5.02 Å². The van der Waals surface area contributed by atoms with Gasteiger partial charge in [-0.2, -0.15) is 0 Å². The van der Waals surface area contributed by atoms with E-state index in [1.165, 1.54) is 0 Å². The average molecular weight is 312 g/mol. The smallest absolute Gasteiger partial charge is 0.107 e. The molecule has 0 aliphatic heterocycles. The molecule has 0 unspecified atom stereocenters. The lowest BCUT2D eigenvalue weighted by atomic mass is 10.1. The highest BCUT2D eigenvalue weighted by atomic mass is 35.5. The number of nitrogens with two attached hydrogens (primary N) is 1. The summed E-state index contributed by atoms with van der Waals surface area (Å²) < 4.78 is 0. The Balaban J connectivity index is 2.31. The first kappa shape index (κ1) is 14.2. The van der Waals surface area contributed by atoms with Crippen LogP contribution in [0.1, 0.15) is 16.3 Å². The third-order valence-corrected chi connectivity index (χ3v) is 4.06. The van der Waals surface area contributed by atoms with E-state index >= 15 is 0 Å². The van der Waals surface area contributed by atoms with Crippen LogP contribution in [0.3, 0.4) is 0 Å². The number of thiazole rings is 1. The van der Waals surface area contributed by atoms with E-state index in [1.807, 2.05) is 26.1 Å². The molecular weight excluding hydrogens is 298 g/mol. The van der Waals surface area contributed by atoms with Crippen LogP contribution in [0.4, 0.5) is 5.69 Å². The van der Waals surface area contributed by atoms with Crippen molar-refractivity contribution in [3.63, 3.8) is 0 Å². The summed E-state index contributed by atoms with van der Waals surface area (Å²) in [6.07, 6.45) is 0. The van der Waals surface area contributed by atoms with E-state index in [9.17, 15) is 0 Å². The van der Waals surface area contributed by atoms with Crippen molar-refractivity contribution in [2.75, 3.05) is 11.9 Å². The molecule has 100 valence electrons.